The van der Waals surface area contributed by atoms with Gasteiger partial charge in [0.1, 0.15) is 0 Å². The molecular formula is C13H24O. The van der Waals surface area contributed by atoms with Gasteiger partial charge in [-0.2, -0.15) is 0 Å². The van der Waals surface area contributed by atoms with Crippen LogP contribution < -0.4 is 0 Å². The van der Waals surface area contributed by atoms with Gasteiger partial charge in [0.05, 0.1) is 0 Å². The van der Waals surface area contributed by atoms with Crippen molar-refractivity contribution >= 4 is 5.78 Å². The Kier molecular flexibility index (Phi) is 8.61. The third kappa shape index (κ3) is 6.88. The van der Waals surface area contributed by atoms with Crippen molar-refractivity contribution in [3.8, 4) is 0 Å². The van der Waals surface area contributed by atoms with Gasteiger partial charge in [-0.15, -0.1) is 0 Å². The zero-order valence-corrected chi connectivity index (χ0v) is 9.88. The first kappa shape index (κ1) is 13.4. The maximum absolute atomic E-state index is 11.4. The second kappa shape index (κ2) is 8.98. The number of rotatable bonds is 8. The number of ketones is 1. The zero-order chi connectivity index (χ0) is 10.8. The fourth-order valence-corrected chi connectivity index (χ4v) is 1.55. The molecule has 14 heavy (non-hydrogen) atoms. The largest absolute Gasteiger partial charge is 0.295 e. The molecule has 0 aromatic rings. The van der Waals surface area contributed by atoms with Crippen LogP contribution in [0.1, 0.15) is 59.3 Å². The molecule has 0 saturated carbocycles. The second-order valence-electron chi connectivity index (χ2n) is 3.90. The van der Waals surface area contributed by atoms with Gasteiger partial charge in [0.25, 0.3) is 0 Å². The summed E-state index contributed by atoms with van der Waals surface area (Å²) in [5.41, 5.74) is 0. The Morgan fingerprint density at radius 3 is 2.50 bits per heavy atom. The first-order chi connectivity index (χ1) is 6.74. The fourth-order valence-electron chi connectivity index (χ4n) is 1.55. The van der Waals surface area contributed by atoms with Gasteiger partial charge in [0.2, 0.25) is 0 Å². The molecule has 0 bridgehead atoms. The van der Waals surface area contributed by atoms with Crippen LogP contribution >= 0.6 is 0 Å². The predicted octanol–water partition coefficient (Wildman–Crippen LogP) is 4.13. The van der Waals surface area contributed by atoms with Crippen molar-refractivity contribution in [2.24, 2.45) is 5.92 Å². The summed E-state index contributed by atoms with van der Waals surface area (Å²) >= 11 is 0. The molecule has 0 radical (unpaired) electrons. The second-order valence-corrected chi connectivity index (χ2v) is 3.90. The number of hydrogen-bond acceptors (Lipinski definition) is 1. The van der Waals surface area contributed by atoms with Gasteiger partial charge in [-0.1, -0.05) is 52.5 Å². The normalized spacial score (nSPS) is 13.4. The topological polar surface area (TPSA) is 17.1 Å². The van der Waals surface area contributed by atoms with Crippen molar-refractivity contribution < 1.29 is 4.79 Å². The first-order valence-corrected chi connectivity index (χ1v) is 5.93. The van der Waals surface area contributed by atoms with E-state index in [1.54, 1.807) is 6.08 Å². The number of hydrogen-bond donors (Lipinski definition) is 0. The average molecular weight is 196 g/mol. The molecule has 0 N–H and O–H groups in total. The summed E-state index contributed by atoms with van der Waals surface area (Å²) in [5.74, 6) is 0.902. The summed E-state index contributed by atoms with van der Waals surface area (Å²) in [5, 5.41) is 0. The molecule has 1 heteroatoms. The predicted molar refractivity (Wildman–Crippen MR) is 62.4 cm³/mol. The molecule has 0 rings (SSSR count). The summed E-state index contributed by atoms with van der Waals surface area (Å²) in [4.78, 5) is 11.4. The van der Waals surface area contributed by atoms with Crippen LogP contribution in [0.4, 0.5) is 0 Å². The van der Waals surface area contributed by atoms with Crippen molar-refractivity contribution in [3.63, 3.8) is 0 Å². The van der Waals surface area contributed by atoms with Crippen molar-refractivity contribution in [2.45, 2.75) is 59.3 Å². The lowest BCUT2D eigenvalue weighted by atomic mass is 9.94. The van der Waals surface area contributed by atoms with Crippen LogP contribution in [0.5, 0.6) is 0 Å². The highest BCUT2D eigenvalue weighted by Gasteiger charge is 2.09. The van der Waals surface area contributed by atoms with Crippen LogP contribution in [0.15, 0.2) is 12.2 Å². The maximum atomic E-state index is 11.4. The van der Waals surface area contributed by atoms with Crippen molar-refractivity contribution in [3.05, 3.63) is 12.2 Å². The average Bonchev–Trinajstić information content (AvgIpc) is 2.21. The van der Waals surface area contributed by atoms with Gasteiger partial charge in [-0.05, 0) is 18.4 Å². The molecule has 0 aliphatic rings. The molecule has 0 aromatic carbocycles. The summed E-state index contributed by atoms with van der Waals surface area (Å²) in [7, 11) is 0. The van der Waals surface area contributed by atoms with Crippen LogP contribution in [0.2, 0.25) is 0 Å². The molecule has 0 amide bonds. The first-order valence-electron chi connectivity index (χ1n) is 5.93. The third-order valence-corrected chi connectivity index (χ3v) is 2.57. The van der Waals surface area contributed by atoms with Crippen LogP contribution in [-0.2, 0) is 4.79 Å². The van der Waals surface area contributed by atoms with E-state index in [4.69, 9.17) is 0 Å². The number of carbonyl (C=O) groups excluding carboxylic acids is 1. The Hall–Kier alpha value is -0.590. The van der Waals surface area contributed by atoms with Gasteiger partial charge in [0, 0.05) is 6.42 Å². The minimum Gasteiger partial charge on any atom is -0.295 e. The zero-order valence-electron chi connectivity index (χ0n) is 9.88. The lowest BCUT2D eigenvalue weighted by Crippen LogP contribution is -2.05. The van der Waals surface area contributed by atoms with Gasteiger partial charge in [-0.25, -0.2) is 0 Å². The highest BCUT2D eigenvalue weighted by Crippen LogP contribution is 2.17. The van der Waals surface area contributed by atoms with E-state index in [-0.39, 0.29) is 0 Å². The minimum absolute atomic E-state index is 0.301. The molecule has 0 spiro atoms. The molecule has 1 unspecified atom stereocenters. The Balaban J connectivity index is 3.79. The maximum Gasteiger partial charge on any atom is 0.155 e. The molecule has 0 heterocycles. The van der Waals surface area contributed by atoms with E-state index in [1.807, 2.05) is 6.08 Å². The molecule has 1 nitrogen and oxygen atoms in total. The van der Waals surface area contributed by atoms with E-state index in [1.165, 1.54) is 19.3 Å². The van der Waals surface area contributed by atoms with Gasteiger partial charge in [0.15, 0.2) is 5.78 Å². The Bertz CT molecular complexity index is 170. The summed E-state index contributed by atoms with van der Waals surface area (Å²) in [6.45, 7) is 6.43. The summed E-state index contributed by atoms with van der Waals surface area (Å²) < 4.78 is 0. The van der Waals surface area contributed by atoms with Gasteiger partial charge in [-0.3, -0.25) is 4.79 Å². The van der Waals surface area contributed by atoms with Crippen molar-refractivity contribution in [1.29, 1.82) is 0 Å². The van der Waals surface area contributed by atoms with E-state index in [0.717, 1.165) is 19.3 Å². The smallest absolute Gasteiger partial charge is 0.155 e. The van der Waals surface area contributed by atoms with E-state index in [9.17, 15) is 4.79 Å². The highest BCUT2D eigenvalue weighted by atomic mass is 16.1. The minimum atomic E-state index is 0.301. The monoisotopic (exact) mass is 196 g/mol. The lowest BCUT2D eigenvalue weighted by Gasteiger charge is -2.11. The molecule has 0 saturated heterocycles. The van der Waals surface area contributed by atoms with E-state index in [0.29, 0.717) is 11.7 Å². The Morgan fingerprint density at radius 1 is 1.29 bits per heavy atom. The fraction of sp³-hybridized carbons (Fsp3) is 0.769. The molecule has 0 aromatic heterocycles. The molecule has 0 aliphatic heterocycles. The van der Waals surface area contributed by atoms with Crippen molar-refractivity contribution in [1.82, 2.24) is 0 Å². The molecular weight excluding hydrogens is 172 g/mol. The van der Waals surface area contributed by atoms with Crippen LogP contribution in [0, 0.1) is 5.92 Å². The highest BCUT2D eigenvalue weighted by molar-refractivity contribution is 5.89. The third-order valence-electron chi connectivity index (χ3n) is 2.57. The van der Waals surface area contributed by atoms with E-state index in [2.05, 4.69) is 20.8 Å². The molecule has 82 valence electrons. The molecule has 0 fully saturated rings. The number of carbonyl (C=O) groups is 1. The Labute approximate surface area is 88.6 Å². The summed E-state index contributed by atoms with van der Waals surface area (Å²) in [6.07, 6.45) is 10.2. The number of unbranched alkanes of at least 4 members (excludes halogenated alkanes) is 1. The van der Waals surface area contributed by atoms with Crippen LogP contribution in [0.3, 0.4) is 0 Å². The van der Waals surface area contributed by atoms with Crippen LogP contribution in [-0.4, -0.2) is 5.78 Å². The van der Waals surface area contributed by atoms with Crippen molar-refractivity contribution in [2.75, 3.05) is 0 Å². The van der Waals surface area contributed by atoms with Gasteiger partial charge < -0.3 is 0 Å². The lowest BCUT2D eigenvalue weighted by molar-refractivity contribution is -0.115. The van der Waals surface area contributed by atoms with Gasteiger partial charge >= 0.3 is 0 Å². The SMILES string of the molecule is CC/C=C/C(=O)CC(CC)CCCC. The standard InChI is InChI=1S/C13H24O/c1-4-7-9-12(6-3)11-13(14)10-8-5-2/h8,10,12H,4-7,9,11H2,1-3H3/b10-8+. The van der Waals surface area contributed by atoms with E-state index < -0.39 is 0 Å². The Morgan fingerprint density at radius 2 is 2.00 bits per heavy atom. The van der Waals surface area contributed by atoms with E-state index >= 15 is 0 Å². The molecule has 0 aliphatic carbocycles. The summed E-state index contributed by atoms with van der Waals surface area (Å²) in [6, 6.07) is 0. The van der Waals surface area contributed by atoms with Crippen LogP contribution in [0.25, 0.3) is 0 Å². The number of allylic oxidation sites excluding steroid dienone is 2. The quantitative estimate of drug-likeness (QED) is 0.533. The molecule has 1 atom stereocenters.